The Bertz CT molecular complexity index is 340. The minimum atomic E-state index is 0.754. The zero-order valence-corrected chi connectivity index (χ0v) is 8.57. The van der Waals surface area contributed by atoms with E-state index in [1.165, 1.54) is 6.08 Å². The molecule has 0 atom stereocenters. The molecule has 0 spiro atoms. The van der Waals surface area contributed by atoms with Crippen molar-refractivity contribution in [2.24, 2.45) is 0 Å². The van der Waals surface area contributed by atoms with E-state index in [2.05, 4.69) is 15.9 Å². The molecule has 0 bridgehead atoms. The molecule has 0 aromatic heterocycles. The van der Waals surface area contributed by atoms with Gasteiger partial charge in [-0.3, -0.25) is 4.79 Å². The second-order valence-corrected chi connectivity index (χ2v) is 3.26. The van der Waals surface area contributed by atoms with Gasteiger partial charge in [-0.2, -0.15) is 0 Å². The highest BCUT2D eigenvalue weighted by Gasteiger charge is 1.90. The SMILES string of the molecule is O=C/C=C/C=C/c1ccccc1Br. The molecule has 0 unspecified atom stereocenters. The highest BCUT2D eigenvalue weighted by atomic mass is 79.9. The Morgan fingerprint density at radius 3 is 2.54 bits per heavy atom. The molecule has 2 heteroatoms. The van der Waals surface area contributed by atoms with Crippen LogP contribution in [0, 0.1) is 0 Å². The second kappa shape index (κ2) is 5.49. The summed E-state index contributed by atoms with van der Waals surface area (Å²) >= 11 is 3.42. The summed E-state index contributed by atoms with van der Waals surface area (Å²) in [6, 6.07) is 7.90. The lowest BCUT2D eigenvalue weighted by molar-refractivity contribution is -0.104. The van der Waals surface area contributed by atoms with Crippen LogP contribution >= 0.6 is 15.9 Å². The molecule has 1 nitrogen and oxygen atoms in total. The maximum atomic E-state index is 9.95. The number of allylic oxidation sites excluding steroid dienone is 3. The van der Waals surface area contributed by atoms with Crippen LogP contribution in [0.4, 0.5) is 0 Å². The van der Waals surface area contributed by atoms with Crippen LogP contribution in [0.3, 0.4) is 0 Å². The zero-order valence-electron chi connectivity index (χ0n) is 6.98. The average molecular weight is 237 g/mol. The number of hydrogen-bond acceptors (Lipinski definition) is 1. The summed E-state index contributed by atoms with van der Waals surface area (Å²) in [6.07, 6.45) is 7.67. The van der Waals surface area contributed by atoms with Gasteiger partial charge in [0.2, 0.25) is 0 Å². The smallest absolute Gasteiger partial charge is 0.142 e. The molecule has 0 saturated heterocycles. The van der Waals surface area contributed by atoms with Gasteiger partial charge in [0.05, 0.1) is 0 Å². The predicted octanol–water partition coefficient (Wildman–Crippen LogP) is 3.22. The first-order valence-corrected chi connectivity index (χ1v) is 4.67. The number of benzene rings is 1. The Kier molecular flexibility index (Phi) is 4.19. The van der Waals surface area contributed by atoms with E-state index in [-0.39, 0.29) is 0 Å². The number of carbonyl (C=O) groups excluding carboxylic acids is 1. The van der Waals surface area contributed by atoms with Crippen molar-refractivity contribution in [2.45, 2.75) is 0 Å². The van der Waals surface area contributed by atoms with Gasteiger partial charge in [0.15, 0.2) is 0 Å². The first kappa shape index (κ1) is 9.93. The van der Waals surface area contributed by atoms with Crippen molar-refractivity contribution in [3.63, 3.8) is 0 Å². The van der Waals surface area contributed by atoms with Crippen molar-refractivity contribution in [3.8, 4) is 0 Å². The molecule has 13 heavy (non-hydrogen) atoms. The van der Waals surface area contributed by atoms with Crippen LogP contribution in [0.2, 0.25) is 0 Å². The van der Waals surface area contributed by atoms with E-state index < -0.39 is 0 Å². The van der Waals surface area contributed by atoms with Crippen LogP contribution in [0.15, 0.2) is 47.0 Å². The van der Waals surface area contributed by atoms with Gasteiger partial charge in [-0.25, -0.2) is 0 Å². The van der Waals surface area contributed by atoms with E-state index in [4.69, 9.17) is 0 Å². The number of hydrogen-bond donors (Lipinski definition) is 0. The van der Waals surface area contributed by atoms with Gasteiger partial charge >= 0.3 is 0 Å². The maximum absolute atomic E-state index is 9.95. The summed E-state index contributed by atoms with van der Waals surface area (Å²) < 4.78 is 1.05. The van der Waals surface area contributed by atoms with E-state index in [1.54, 1.807) is 6.08 Å². The summed E-state index contributed by atoms with van der Waals surface area (Å²) in [7, 11) is 0. The molecule has 0 saturated carbocycles. The fourth-order valence-electron chi connectivity index (χ4n) is 0.879. The Hall–Kier alpha value is -1.15. The third-order valence-corrected chi connectivity index (χ3v) is 2.20. The molecule has 66 valence electrons. The van der Waals surface area contributed by atoms with Crippen molar-refractivity contribution >= 4 is 28.3 Å². The van der Waals surface area contributed by atoms with E-state index in [0.29, 0.717) is 0 Å². The predicted molar refractivity (Wildman–Crippen MR) is 58.4 cm³/mol. The number of carbonyl (C=O) groups is 1. The summed E-state index contributed by atoms with van der Waals surface area (Å²) in [5.74, 6) is 0. The van der Waals surface area contributed by atoms with Crippen LogP contribution < -0.4 is 0 Å². The topological polar surface area (TPSA) is 17.1 Å². The molecule has 0 aliphatic heterocycles. The fraction of sp³-hybridized carbons (Fsp3) is 0. The van der Waals surface area contributed by atoms with Gasteiger partial charge in [0.25, 0.3) is 0 Å². The molecule has 0 heterocycles. The number of rotatable bonds is 3. The Morgan fingerprint density at radius 1 is 1.08 bits per heavy atom. The minimum Gasteiger partial charge on any atom is -0.299 e. The van der Waals surface area contributed by atoms with Crippen molar-refractivity contribution in [1.29, 1.82) is 0 Å². The molecule has 1 rings (SSSR count). The molecular formula is C11H9BrO. The van der Waals surface area contributed by atoms with E-state index in [0.717, 1.165) is 16.3 Å². The second-order valence-electron chi connectivity index (χ2n) is 2.40. The summed E-state index contributed by atoms with van der Waals surface area (Å²) in [5.41, 5.74) is 1.10. The molecule has 0 N–H and O–H groups in total. The molecule has 0 radical (unpaired) electrons. The van der Waals surface area contributed by atoms with Crippen LogP contribution in [0.5, 0.6) is 0 Å². The van der Waals surface area contributed by atoms with Crippen LogP contribution in [-0.4, -0.2) is 6.29 Å². The molecule has 1 aromatic rings. The molecule has 0 aliphatic carbocycles. The number of halogens is 1. The van der Waals surface area contributed by atoms with Gasteiger partial charge in [0, 0.05) is 4.47 Å². The van der Waals surface area contributed by atoms with Crippen LogP contribution in [0.25, 0.3) is 6.08 Å². The fourth-order valence-corrected chi connectivity index (χ4v) is 1.30. The molecule has 0 aliphatic rings. The Labute approximate surface area is 85.9 Å². The lowest BCUT2D eigenvalue weighted by atomic mass is 10.2. The molecule has 0 fully saturated rings. The first-order valence-electron chi connectivity index (χ1n) is 3.87. The third kappa shape index (κ3) is 3.38. The van der Waals surface area contributed by atoms with Crippen molar-refractivity contribution in [1.82, 2.24) is 0 Å². The first-order chi connectivity index (χ1) is 6.34. The van der Waals surface area contributed by atoms with Gasteiger partial charge < -0.3 is 0 Å². The van der Waals surface area contributed by atoms with Crippen molar-refractivity contribution in [3.05, 3.63) is 52.5 Å². The van der Waals surface area contributed by atoms with Gasteiger partial charge in [0.1, 0.15) is 6.29 Å². The largest absolute Gasteiger partial charge is 0.299 e. The van der Waals surface area contributed by atoms with Crippen molar-refractivity contribution < 1.29 is 4.79 Å². The Morgan fingerprint density at radius 2 is 1.85 bits per heavy atom. The lowest BCUT2D eigenvalue weighted by Crippen LogP contribution is -1.72. The summed E-state index contributed by atoms with van der Waals surface area (Å²) in [6.45, 7) is 0. The molecule has 0 amide bonds. The maximum Gasteiger partial charge on any atom is 0.142 e. The van der Waals surface area contributed by atoms with E-state index in [9.17, 15) is 4.79 Å². The average Bonchev–Trinajstić information content (AvgIpc) is 2.15. The highest BCUT2D eigenvalue weighted by Crippen LogP contribution is 2.16. The normalized spacial score (nSPS) is 11.2. The summed E-state index contributed by atoms with van der Waals surface area (Å²) in [5, 5.41) is 0. The van der Waals surface area contributed by atoms with Crippen LogP contribution in [-0.2, 0) is 4.79 Å². The molecular weight excluding hydrogens is 228 g/mol. The highest BCUT2D eigenvalue weighted by molar-refractivity contribution is 9.10. The van der Waals surface area contributed by atoms with Gasteiger partial charge in [-0.05, 0) is 17.7 Å². The van der Waals surface area contributed by atoms with Crippen LogP contribution in [0.1, 0.15) is 5.56 Å². The minimum absolute atomic E-state index is 0.754. The standard InChI is InChI=1S/C11H9BrO/c12-11-8-4-3-7-10(11)6-2-1-5-9-13/h1-9H/b5-1+,6-2+. The monoisotopic (exact) mass is 236 g/mol. The van der Waals surface area contributed by atoms with E-state index >= 15 is 0 Å². The molecule has 1 aromatic carbocycles. The van der Waals surface area contributed by atoms with E-state index in [1.807, 2.05) is 36.4 Å². The lowest BCUT2D eigenvalue weighted by Gasteiger charge is -1.94. The zero-order chi connectivity index (χ0) is 9.52. The quantitative estimate of drug-likeness (QED) is 0.448. The Balaban J connectivity index is 2.74. The third-order valence-electron chi connectivity index (χ3n) is 1.48. The number of aldehydes is 1. The summed E-state index contributed by atoms with van der Waals surface area (Å²) in [4.78, 5) is 9.95. The van der Waals surface area contributed by atoms with Gasteiger partial charge in [-0.1, -0.05) is 52.4 Å². The van der Waals surface area contributed by atoms with Crippen molar-refractivity contribution in [2.75, 3.05) is 0 Å². The van der Waals surface area contributed by atoms with Gasteiger partial charge in [-0.15, -0.1) is 0 Å².